The highest BCUT2D eigenvalue weighted by Crippen LogP contribution is 2.22. The Labute approximate surface area is 158 Å². The molecule has 27 heavy (non-hydrogen) atoms. The number of rotatable bonds is 7. The molecule has 2 heterocycles. The molecule has 3 rings (SSSR count). The number of urea groups is 1. The van der Waals surface area contributed by atoms with Crippen LogP contribution in [0.15, 0.2) is 24.3 Å². The minimum atomic E-state index is -0.445. The molecule has 2 aliphatic rings. The van der Waals surface area contributed by atoms with E-state index in [2.05, 4.69) is 16.0 Å². The number of ether oxygens (including phenoxy) is 1. The first-order chi connectivity index (χ1) is 13.1. The predicted molar refractivity (Wildman–Crippen MR) is 101 cm³/mol. The van der Waals surface area contributed by atoms with E-state index < -0.39 is 6.03 Å². The minimum absolute atomic E-state index is 0.0691. The van der Waals surface area contributed by atoms with E-state index in [1.807, 2.05) is 0 Å². The lowest BCUT2D eigenvalue weighted by molar-refractivity contribution is -0.123. The van der Waals surface area contributed by atoms with Crippen molar-refractivity contribution in [3.8, 4) is 5.75 Å². The van der Waals surface area contributed by atoms with Gasteiger partial charge >= 0.3 is 6.03 Å². The van der Waals surface area contributed by atoms with E-state index in [1.165, 1.54) is 4.90 Å². The summed E-state index contributed by atoms with van der Waals surface area (Å²) in [6, 6.07) is 6.50. The minimum Gasteiger partial charge on any atom is -0.484 e. The molecule has 8 nitrogen and oxygen atoms in total. The summed E-state index contributed by atoms with van der Waals surface area (Å²) in [5.41, 5.74) is 0.629. The second kappa shape index (κ2) is 9.36. The first-order valence-corrected chi connectivity index (χ1v) is 9.43. The van der Waals surface area contributed by atoms with E-state index >= 15 is 0 Å². The van der Waals surface area contributed by atoms with E-state index in [-0.39, 0.29) is 24.8 Å². The zero-order valence-electron chi connectivity index (χ0n) is 15.3. The maximum absolute atomic E-state index is 12.0. The molecule has 2 aliphatic heterocycles. The third kappa shape index (κ3) is 5.68. The molecule has 2 saturated heterocycles. The number of nitrogens with one attached hydrogen (secondary N) is 3. The third-order valence-electron chi connectivity index (χ3n) is 4.89. The van der Waals surface area contributed by atoms with Gasteiger partial charge in [0.15, 0.2) is 6.61 Å². The molecule has 0 atom stereocenters. The van der Waals surface area contributed by atoms with E-state index in [0.29, 0.717) is 30.4 Å². The van der Waals surface area contributed by atoms with Crippen molar-refractivity contribution in [2.45, 2.75) is 25.7 Å². The maximum Gasteiger partial charge on any atom is 0.328 e. The molecule has 3 N–H and O–H groups in total. The zero-order chi connectivity index (χ0) is 19.1. The van der Waals surface area contributed by atoms with Crippen LogP contribution in [0.25, 0.3) is 0 Å². The molecule has 4 amide bonds. The molecule has 0 bridgehead atoms. The van der Waals surface area contributed by atoms with Crippen LogP contribution >= 0.6 is 0 Å². The van der Waals surface area contributed by atoms with Crippen LogP contribution < -0.4 is 25.6 Å². The Morgan fingerprint density at radius 2 is 2.07 bits per heavy atom. The molecular formula is C19H26N4O4. The van der Waals surface area contributed by atoms with Gasteiger partial charge in [-0.05, 0) is 50.4 Å². The summed E-state index contributed by atoms with van der Waals surface area (Å²) in [5, 5.41) is 8.51. The third-order valence-corrected chi connectivity index (χ3v) is 4.89. The first kappa shape index (κ1) is 19.2. The van der Waals surface area contributed by atoms with Gasteiger partial charge in [0, 0.05) is 31.3 Å². The summed E-state index contributed by atoms with van der Waals surface area (Å²) in [7, 11) is 0. The molecule has 0 aliphatic carbocycles. The van der Waals surface area contributed by atoms with Crippen LogP contribution in [0.3, 0.4) is 0 Å². The van der Waals surface area contributed by atoms with Crippen molar-refractivity contribution in [1.29, 1.82) is 0 Å². The molecule has 0 spiro atoms. The number of imide groups is 1. The van der Waals surface area contributed by atoms with Crippen LogP contribution in [0.5, 0.6) is 5.75 Å². The number of nitrogens with zero attached hydrogens (tertiary/aromatic N) is 1. The van der Waals surface area contributed by atoms with Gasteiger partial charge in [-0.25, -0.2) is 4.79 Å². The maximum atomic E-state index is 12.0. The Hall–Kier alpha value is -2.61. The fourth-order valence-electron chi connectivity index (χ4n) is 3.34. The quantitative estimate of drug-likeness (QED) is 0.662. The van der Waals surface area contributed by atoms with Crippen LogP contribution in [-0.2, 0) is 9.59 Å². The lowest BCUT2D eigenvalue weighted by Gasteiger charge is -2.26. The molecule has 0 unspecified atom stereocenters. The molecule has 0 aromatic heterocycles. The average molecular weight is 374 g/mol. The van der Waals surface area contributed by atoms with Gasteiger partial charge < -0.3 is 15.4 Å². The van der Waals surface area contributed by atoms with E-state index in [9.17, 15) is 14.4 Å². The number of anilines is 1. The van der Waals surface area contributed by atoms with Crippen molar-refractivity contribution in [3.05, 3.63) is 24.3 Å². The number of hydrogen-bond donors (Lipinski definition) is 3. The standard InChI is InChI=1S/C19H26N4O4/c24-17-7-11-23(19(26)22-17)15-2-1-3-16(12-15)27-13-18(25)21-10-6-14-4-8-20-9-5-14/h1-3,12,14,20H,4-11,13H2,(H,21,25)(H,22,24,26). The highest BCUT2D eigenvalue weighted by molar-refractivity contribution is 6.05. The van der Waals surface area contributed by atoms with E-state index in [1.54, 1.807) is 24.3 Å². The smallest absolute Gasteiger partial charge is 0.328 e. The van der Waals surface area contributed by atoms with Gasteiger partial charge in [0.1, 0.15) is 5.75 Å². The number of hydrogen-bond acceptors (Lipinski definition) is 5. The van der Waals surface area contributed by atoms with Crippen molar-refractivity contribution < 1.29 is 19.1 Å². The number of carbonyl (C=O) groups is 3. The fraction of sp³-hybridized carbons (Fsp3) is 0.526. The summed E-state index contributed by atoms with van der Waals surface area (Å²) < 4.78 is 5.55. The van der Waals surface area contributed by atoms with Crippen LogP contribution in [0, 0.1) is 5.92 Å². The van der Waals surface area contributed by atoms with Gasteiger partial charge in [-0.2, -0.15) is 0 Å². The Morgan fingerprint density at radius 3 is 2.85 bits per heavy atom. The molecule has 1 aromatic carbocycles. The van der Waals surface area contributed by atoms with E-state index in [0.717, 1.165) is 32.4 Å². The van der Waals surface area contributed by atoms with Gasteiger partial charge in [0.05, 0.1) is 0 Å². The molecule has 0 saturated carbocycles. The van der Waals surface area contributed by atoms with Crippen LogP contribution in [-0.4, -0.2) is 50.6 Å². The number of benzene rings is 1. The molecule has 2 fully saturated rings. The monoisotopic (exact) mass is 374 g/mol. The van der Waals surface area contributed by atoms with Gasteiger partial charge in [-0.1, -0.05) is 6.07 Å². The normalized spacial score (nSPS) is 18.1. The summed E-state index contributed by atoms with van der Waals surface area (Å²) in [6.45, 7) is 3.03. The predicted octanol–water partition coefficient (Wildman–Crippen LogP) is 1.02. The fourth-order valence-corrected chi connectivity index (χ4v) is 3.34. The Bertz CT molecular complexity index is 688. The Morgan fingerprint density at radius 1 is 1.26 bits per heavy atom. The van der Waals surface area contributed by atoms with Crippen molar-refractivity contribution >= 4 is 23.5 Å². The average Bonchev–Trinajstić information content (AvgIpc) is 2.67. The summed E-state index contributed by atoms with van der Waals surface area (Å²) in [5.74, 6) is 0.748. The topological polar surface area (TPSA) is 99.8 Å². The lowest BCUT2D eigenvalue weighted by atomic mass is 9.95. The van der Waals surface area contributed by atoms with Crippen molar-refractivity contribution in [3.63, 3.8) is 0 Å². The zero-order valence-corrected chi connectivity index (χ0v) is 15.3. The highest BCUT2D eigenvalue weighted by atomic mass is 16.5. The lowest BCUT2D eigenvalue weighted by Crippen LogP contribution is -2.49. The molecule has 0 radical (unpaired) electrons. The van der Waals surface area contributed by atoms with Gasteiger partial charge in [-0.3, -0.25) is 19.8 Å². The van der Waals surface area contributed by atoms with Crippen molar-refractivity contribution in [2.24, 2.45) is 5.92 Å². The van der Waals surface area contributed by atoms with Crippen molar-refractivity contribution in [2.75, 3.05) is 37.7 Å². The second-order valence-electron chi connectivity index (χ2n) is 6.87. The number of amides is 4. The summed E-state index contributed by atoms with van der Waals surface area (Å²) >= 11 is 0. The molecule has 1 aromatic rings. The highest BCUT2D eigenvalue weighted by Gasteiger charge is 2.24. The Kier molecular flexibility index (Phi) is 6.64. The van der Waals surface area contributed by atoms with Crippen LogP contribution in [0.4, 0.5) is 10.5 Å². The Balaban J connectivity index is 1.43. The van der Waals surface area contributed by atoms with Crippen molar-refractivity contribution in [1.82, 2.24) is 16.0 Å². The number of piperidine rings is 1. The first-order valence-electron chi connectivity index (χ1n) is 9.43. The summed E-state index contributed by atoms with van der Waals surface area (Å²) in [6.07, 6.45) is 3.58. The SMILES string of the molecule is O=C(COc1cccc(N2CCC(=O)NC2=O)c1)NCCC1CCNCC1. The summed E-state index contributed by atoms with van der Waals surface area (Å²) in [4.78, 5) is 36.6. The van der Waals surface area contributed by atoms with Crippen LogP contribution in [0.2, 0.25) is 0 Å². The van der Waals surface area contributed by atoms with Gasteiger partial charge in [0.2, 0.25) is 5.91 Å². The molecule has 146 valence electrons. The van der Waals surface area contributed by atoms with Crippen LogP contribution in [0.1, 0.15) is 25.7 Å². The molecular weight excluding hydrogens is 348 g/mol. The van der Waals surface area contributed by atoms with Gasteiger partial charge in [-0.15, -0.1) is 0 Å². The largest absolute Gasteiger partial charge is 0.484 e. The van der Waals surface area contributed by atoms with Gasteiger partial charge in [0.25, 0.3) is 5.91 Å². The van der Waals surface area contributed by atoms with E-state index in [4.69, 9.17) is 4.74 Å². The molecule has 8 heteroatoms. The number of carbonyl (C=O) groups excluding carboxylic acids is 3. The second-order valence-corrected chi connectivity index (χ2v) is 6.87.